The van der Waals surface area contributed by atoms with Crippen molar-refractivity contribution >= 4 is 11.6 Å². The minimum atomic E-state index is -0.549. The Balaban J connectivity index is 2.38. The first-order chi connectivity index (χ1) is 8.50. The zero-order valence-electron chi connectivity index (χ0n) is 10.00. The van der Waals surface area contributed by atoms with E-state index >= 15 is 0 Å². The van der Waals surface area contributed by atoms with Crippen LogP contribution in [-0.2, 0) is 0 Å². The summed E-state index contributed by atoms with van der Waals surface area (Å²) in [6.45, 7) is 2.35. The van der Waals surface area contributed by atoms with Gasteiger partial charge in [0.2, 0.25) is 0 Å². The molecule has 1 N–H and O–H groups in total. The fraction of sp³-hybridized carbons (Fsp3) is 0.417. The molecule has 0 aromatic heterocycles. The van der Waals surface area contributed by atoms with Gasteiger partial charge in [0, 0.05) is 19.2 Å². The van der Waals surface area contributed by atoms with E-state index in [4.69, 9.17) is 0 Å². The number of β-amino-alcohol motifs (C(OH)–C–C–N with tert-alkyl or cyclic N) is 1. The number of aryl methyl sites for hydroxylation is 1. The lowest BCUT2D eigenvalue weighted by Crippen LogP contribution is -2.30. The van der Waals surface area contributed by atoms with Crippen molar-refractivity contribution in [1.82, 2.24) is 4.90 Å². The van der Waals surface area contributed by atoms with Crippen LogP contribution in [0.25, 0.3) is 0 Å². The number of rotatable bonds is 2. The lowest BCUT2D eigenvalue weighted by atomic mass is 10.1. The van der Waals surface area contributed by atoms with Gasteiger partial charge in [-0.2, -0.15) is 0 Å². The van der Waals surface area contributed by atoms with Crippen molar-refractivity contribution in [2.24, 2.45) is 0 Å². The minimum absolute atomic E-state index is 0.122. The van der Waals surface area contributed by atoms with Gasteiger partial charge in [0.1, 0.15) is 5.56 Å². The van der Waals surface area contributed by atoms with E-state index in [0.717, 1.165) is 0 Å². The third kappa shape index (κ3) is 2.19. The largest absolute Gasteiger partial charge is 0.391 e. The van der Waals surface area contributed by atoms with E-state index in [9.17, 15) is 20.0 Å². The highest BCUT2D eigenvalue weighted by molar-refractivity contribution is 5.99. The maximum atomic E-state index is 12.2. The Labute approximate surface area is 104 Å². The number of likely N-dealkylation sites (tertiary alicyclic amines) is 1. The van der Waals surface area contributed by atoms with Gasteiger partial charge >= 0.3 is 0 Å². The molecule has 6 nitrogen and oxygen atoms in total. The number of aliphatic hydroxyl groups excluding tert-OH is 1. The van der Waals surface area contributed by atoms with Gasteiger partial charge < -0.3 is 10.0 Å². The quantitative estimate of drug-likeness (QED) is 0.629. The first-order valence-electron chi connectivity index (χ1n) is 5.72. The van der Waals surface area contributed by atoms with Gasteiger partial charge in [-0.1, -0.05) is 12.1 Å². The number of nitro groups is 1. The molecule has 0 saturated carbocycles. The normalized spacial score (nSPS) is 19.0. The summed E-state index contributed by atoms with van der Waals surface area (Å²) in [7, 11) is 0. The summed E-state index contributed by atoms with van der Waals surface area (Å²) in [4.78, 5) is 24.1. The number of carbonyl (C=O) groups excluding carboxylic acids is 1. The van der Waals surface area contributed by atoms with Crippen molar-refractivity contribution in [3.05, 3.63) is 39.4 Å². The van der Waals surface area contributed by atoms with Gasteiger partial charge in [-0.15, -0.1) is 0 Å². The first kappa shape index (κ1) is 12.5. The molecule has 0 bridgehead atoms. The van der Waals surface area contributed by atoms with Gasteiger partial charge in [0.15, 0.2) is 0 Å². The molecule has 1 amide bonds. The average Bonchev–Trinajstić information content (AvgIpc) is 2.74. The smallest absolute Gasteiger partial charge is 0.282 e. The van der Waals surface area contributed by atoms with Gasteiger partial charge in [0.05, 0.1) is 11.0 Å². The van der Waals surface area contributed by atoms with E-state index < -0.39 is 11.0 Å². The number of hydrogen-bond donors (Lipinski definition) is 1. The number of amides is 1. The molecule has 1 heterocycles. The summed E-state index contributed by atoms with van der Waals surface area (Å²) >= 11 is 0. The molecular weight excluding hydrogens is 236 g/mol. The highest BCUT2D eigenvalue weighted by Crippen LogP contribution is 2.25. The van der Waals surface area contributed by atoms with Crippen molar-refractivity contribution in [3.8, 4) is 0 Å². The van der Waals surface area contributed by atoms with E-state index in [2.05, 4.69) is 0 Å². The van der Waals surface area contributed by atoms with Crippen LogP contribution >= 0.6 is 0 Å². The second-order valence-corrected chi connectivity index (χ2v) is 4.42. The fourth-order valence-electron chi connectivity index (χ4n) is 2.17. The Hall–Kier alpha value is -1.95. The second-order valence-electron chi connectivity index (χ2n) is 4.42. The summed E-state index contributed by atoms with van der Waals surface area (Å²) < 4.78 is 0. The van der Waals surface area contributed by atoms with Gasteiger partial charge in [-0.25, -0.2) is 0 Å². The first-order valence-corrected chi connectivity index (χ1v) is 5.72. The third-order valence-electron chi connectivity index (χ3n) is 3.11. The molecule has 1 atom stereocenters. The van der Waals surface area contributed by atoms with Crippen LogP contribution in [0.4, 0.5) is 5.69 Å². The molecule has 0 radical (unpaired) electrons. The summed E-state index contributed by atoms with van der Waals surface area (Å²) in [6.07, 6.45) is -0.0113. The zero-order valence-corrected chi connectivity index (χ0v) is 10.00. The number of benzene rings is 1. The Morgan fingerprint density at radius 2 is 2.28 bits per heavy atom. The minimum Gasteiger partial charge on any atom is -0.391 e. The van der Waals surface area contributed by atoms with Gasteiger partial charge in [-0.05, 0) is 18.9 Å². The molecule has 1 aromatic carbocycles. The summed E-state index contributed by atoms with van der Waals surface area (Å²) in [5, 5.41) is 20.4. The second kappa shape index (κ2) is 4.73. The SMILES string of the molecule is Cc1cccc([N+](=O)[O-])c1C(=O)N1CC[C@H](O)C1. The third-order valence-corrected chi connectivity index (χ3v) is 3.11. The topological polar surface area (TPSA) is 83.7 Å². The Morgan fingerprint density at radius 3 is 2.83 bits per heavy atom. The van der Waals surface area contributed by atoms with Crippen LogP contribution in [0.3, 0.4) is 0 Å². The van der Waals surface area contributed by atoms with Crippen LogP contribution in [0.5, 0.6) is 0 Å². The standard InChI is InChI=1S/C12H14N2O4/c1-8-3-2-4-10(14(17)18)11(8)12(16)13-6-5-9(15)7-13/h2-4,9,15H,5-7H2,1H3/t9-/m0/s1. The molecule has 1 aliphatic rings. The summed E-state index contributed by atoms with van der Waals surface area (Å²) in [5.41, 5.74) is 0.522. The Morgan fingerprint density at radius 1 is 1.56 bits per heavy atom. The van der Waals surface area contributed by atoms with Crippen LogP contribution in [-0.4, -0.2) is 40.0 Å². The lowest BCUT2D eigenvalue weighted by molar-refractivity contribution is -0.385. The van der Waals surface area contributed by atoms with Crippen molar-refractivity contribution in [2.75, 3.05) is 13.1 Å². The Bertz CT molecular complexity index is 501. The van der Waals surface area contributed by atoms with Crippen molar-refractivity contribution in [2.45, 2.75) is 19.4 Å². The molecule has 0 unspecified atom stereocenters. The molecule has 0 aliphatic carbocycles. The van der Waals surface area contributed by atoms with Gasteiger partial charge in [0.25, 0.3) is 11.6 Å². The number of carbonyl (C=O) groups is 1. The highest BCUT2D eigenvalue weighted by atomic mass is 16.6. The van der Waals surface area contributed by atoms with E-state index in [0.29, 0.717) is 18.5 Å². The molecule has 1 aromatic rings. The van der Waals surface area contributed by atoms with E-state index in [-0.39, 0.29) is 23.7 Å². The summed E-state index contributed by atoms with van der Waals surface area (Å²) in [5.74, 6) is -0.378. The average molecular weight is 250 g/mol. The Kier molecular flexibility index (Phi) is 3.29. The molecule has 2 rings (SSSR count). The monoisotopic (exact) mass is 250 g/mol. The summed E-state index contributed by atoms with van der Waals surface area (Å²) in [6, 6.07) is 4.56. The molecule has 1 aliphatic heterocycles. The lowest BCUT2D eigenvalue weighted by Gasteiger charge is -2.16. The van der Waals surface area contributed by atoms with Crippen LogP contribution in [0.15, 0.2) is 18.2 Å². The van der Waals surface area contributed by atoms with Crippen LogP contribution in [0.1, 0.15) is 22.3 Å². The molecule has 96 valence electrons. The van der Waals surface area contributed by atoms with E-state index in [1.807, 2.05) is 0 Å². The molecule has 6 heteroatoms. The molecular formula is C12H14N2O4. The van der Waals surface area contributed by atoms with Crippen molar-refractivity contribution in [3.63, 3.8) is 0 Å². The number of aliphatic hydroxyl groups is 1. The molecule has 18 heavy (non-hydrogen) atoms. The predicted octanol–water partition coefficient (Wildman–Crippen LogP) is 1.11. The maximum absolute atomic E-state index is 12.2. The van der Waals surface area contributed by atoms with Gasteiger partial charge in [-0.3, -0.25) is 14.9 Å². The van der Waals surface area contributed by atoms with Crippen LogP contribution < -0.4 is 0 Å². The van der Waals surface area contributed by atoms with Crippen LogP contribution in [0, 0.1) is 17.0 Å². The molecule has 1 saturated heterocycles. The highest BCUT2D eigenvalue weighted by Gasteiger charge is 2.30. The number of hydrogen-bond acceptors (Lipinski definition) is 4. The fourth-order valence-corrected chi connectivity index (χ4v) is 2.17. The van der Waals surface area contributed by atoms with Crippen molar-refractivity contribution in [1.29, 1.82) is 0 Å². The van der Waals surface area contributed by atoms with Crippen LogP contribution in [0.2, 0.25) is 0 Å². The molecule has 1 fully saturated rings. The van der Waals surface area contributed by atoms with Crippen molar-refractivity contribution < 1.29 is 14.8 Å². The van der Waals surface area contributed by atoms with E-state index in [1.54, 1.807) is 19.1 Å². The molecule has 0 spiro atoms. The zero-order chi connectivity index (χ0) is 13.3. The maximum Gasteiger partial charge on any atom is 0.282 e. The number of nitrogens with zero attached hydrogens (tertiary/aromatic N) is 2. The predicted molar refractivity (Wildman–Crippen MR) is 64.4 cm³/mol. The number of nitro benzene ring substituents is 1. The van der Waals surface area contributed by atoms with E-state index in [1.165, 1.54) is 11.0 Å².